The van der Waals surface area contributed by atoms with Gasteiger partial charge in [0, 0.05) is 12.4 Å². The summed E-state index contributed by atoms with van der Waals surface area (Å²) in [6.45, 7) is 3.67. The predicted molar refractivity (Wildman–Crippen MR) is 70.2 cm³/mol. The quantitative estimate of drug-likeness (QED) is 0.774. The minimum absolute atomic E-state index is 0.101. The van der Waals surface area contributed by atoms with Gasteiger partial charge in [0.1, 0.15) is 0 Å². The van der Waals surface area contributed by atoms with Gasteiger partial charge < -0.3 is 4.74 Å². The van der Waals surface area contributed by atoms with Crippen LogP contribution in [0.25, 0.3) is 11.1 Å². The molecule has 0 radical (unpaired) electrons. The van der Waals surface area contributed by atoms with E-state index in [-0.39, 0.29) is 12.1 Å². The molecule has 0 saturated heterocycles. The van der Waals surface area contributed by atoms with Crippen molar-refractivity contribution in [1.82, 2.24) is 4.98 Å². The van der Waals surface area contributed by atoms with Gasteiger partial charge in [-0.2, -0.15) is 0 Å². The van der Waals surface area contributed by atoms with Crippen LogP contribution in [0.2, 0.25) is 0 Å². The molecule has 0 amide bonds. The Balaban J connectivity index is 2.18. The minimum Gasteiger partial charge on any atom is -0.459 e. The van der Waals surface area contributed by atoms with Gasteiger partial charge in [-0.05, 0) is 43.2 Å². The van der Waals surface area contributed by atoms with Crippen LogP contribution in [-0.4, -0.2) is 17.1 Å². The van der Waals surface area contributed by atoms with Crippen molar-refractivity contribution in [2.75, 3.05) is 0 Å². The van der Waals surface area contributed by atoms with Crippen molar-refractivity contribution in [2.24, 2.45) is 0 Å². The molecule has 18 heavy (non-hydrogen) atoms. The van der Waals surface area contributed by atoms with Crippen molar-refractivity contribution in [2.45, 2.75) is 20.0 Å². The normalized spacial score (nSPS) is 10.4. The van der Waals surface area contributed by atoms with Crippen molar-refractivity contribution in [3.05, 3.63) is 54.4 Å². The Morgan fingerprint density at radius 3 is 2.39 bits per heavy atom. The topological polar surface area (TPSA) is 39.2 Å². The number of aromatic nitrogens is 1. The molecule has 0 unspecified atom stereocenters. The number of ether oxygens (including phenoxy) is 1. The zero-order chi connectivity index (χ0) is 13.0. The van der Waals surface area contributed by atoms with Crippen molar-refractivity contribution in [1.29, 1.82) is 0 Å². The number of benzene rings is 1. The van der Waals surface area contributed by atoms with Crippen LogP contribution >= 0.6 is 0 Å². The van der Waals surface area contributed by atoms with E-state index < -0.39 is 0 Å². The molecule has 0 aliphatic carbocycles. The largest absolute Gasteiger partial charge is 0.459 e. The monoisotopic (exact) mass is 241 g/mol. The lowest BCUT2D eigenvalue weighted by molar-refractivity contribution is 0.0378. The molecule has 0 spiro atoms. The fourth-order valence-corrected chi connectivity index (χ4v) is 1.61. The smallest absolute Gasteiger partial charge is 0.338 e. The summed E-state index contributed by atoms with van der Waals surface area (Å²) in [5, 5.41) is 0. The summed E-state index contributed by atoms with van der Waals surface area (Å²) in [4.78, 5) is 15.7. The number of hydrogen-bond acceptors (Lipinski definition) is 3. The number of nitrogens with zero attached hydrogens (tertiary/aromatic N) is 1. The van der Waals surface area contributed by atoms with Gasteiger partial charge >= 0.3 is 5.97 Å². The Kier molecular flexibility index (Phi) is 3.72. The van der Waals surface area contributed by atoms with Crippen LogP contribution in [0.5, 0.6) is 0 Å². The van der Waals surface area contributed by atoms with Gasteiger partial charge in [0.25, 0.3) is 0 Å². The molecule has 2 rings (SSSR count). The molecule has 1 aromatic heterocycles. The molecule has 2 aromatic rings. The first kappa shape index (κ1) is 12.3. The van der Waals surface area contributed by atoms with Gasteiger partial charge in [-0.15, -0.1) is 0 Å². The fraction of sp³-hybridized carbons (Fsp3) is 0.200. The second kappa shape index (κ2) is 5.45. The van der Waals surface area contributed by atoms with Gasteiger partial charge in [-0.25, -0.2) is 4.79 Å². The maximum Gasteiger partial charge on any atom is 0.338 e. The molecule has 0 atom stereocenters. The standard InChI is InChI=1S/C15H15NO2/c1-11(2)18-15(17)13-7-5-12(6-8-13)14-4-3-9-16-10-14/h3-11H,1-2H3. The van der Waals surface area contributed by atoms with E-state index in [2.05, 4.69) is 4.98 Å². The number of hydrogen-bond donors (Lipinski definition) is 0. The summed E-state index contributed by atoms with van der Waals surface area (Å²) in [5.74, 6) is -0.289. The molecular formula is C15H15NO2. The summed E-state index contributed by atoms with van der Waals surface area (Å²) in [6.07, 6.45) is 3.43. The summed E-state index contributed by atoms with van der Waals surface area (Å²) in [6, 6.07) is 11.2. The molecular weight excluding hydrogens is 226 g/mol. The second-order valence-corrected chi connectivity index (χ2v) is 4.27. The number of esters is 1. The summed E-state index contributed by atoms with van der Waals surface area (Å²) < 4.78 is 5.13. The number of carbonyl (C=O) groups excluding carboxylic acids is 1. The maximum absolute atomic E-state index is 11.7. The average Bonchev–Trinajstić information content (AvgIpc) is 2.39. The van der Waals surface area contributed by atoms with E-state index in [1.807, 2.05) is 38.1 Å². The first-order valence-electron chi connectivity index (χ1n) is 5.88. The molecule has 92 valence electrons. The summed E-state index contributed by atoms with van der Waals surface area (Å²) >= 11 is 0. The third kappa shape index (κ3) is 2.94. The van der Waals surface area contributed by atoms with E-state index in [0.29, 0.717) is 5.56 Å². The van der Waals surface area contributed by atoms with Crippen LogP contribution in [0.15, 0.2) is 48.8 Å². The highest BCUT2D eigenvalue weighted by atomic mass is 16.5. The van der Waals surface area contributed by atoms with E-state index in [9.17, 15) is 4.79 Å². The third-order valence-corrected chi connectivity index (χ3v) is 2.46. The Morgan fingerprint density at radius 2 is 1.83 bits per heavy atom. The van der Waals surface area contributed by atoms with E-state index >= 15 is 0 Å². The molecule has 3 heteroatoms. The van der Waals surface area contributed by atoms with Crippen molar-refractivity contribution < 1.29 is 9.53 Å². The SMILES string of the molecule is CC(C)OC(=O)c1ccc(-c2cccnc2)cc1. The fourth-order valence-electron chi connectivity index (χ4n) is 1.61. The Labute approximate surface area is 106 Å². The Morgan fingerprint density at radius 1 is 1.11 bits per heavy atom. The highest BCUT2D eigenvalue weighted by molar-refractivity contribution is 5.90. The molecule has 0 aliphatic rings. The lowest BCUT2D eigenvalue weighted by atomic mass is 10.1. The zero-order valence-electron chi connectivity index (χ0n) is 10.5. The van der Waals surface area contributed by atoms with Crippen LogP contribution in [-0.2, 0) is 4.74 Å². The van der Waals surface area contributed by atoms with Gasteiger partial charge in [0.15, 0.2) is 0 Å². The number of carbonyl (C=O) groups is 1. The van der Waals surface area contributed by atoms with Crippen molar-refractivity contribution in [3.63, 3.8) is 0 Å². The summed E-state index contributed by atoms with van der Waals surface area (Å²) in [7, 11) is 0. The van der Waals surface area contributed by atoms with Crippen molar-refractivity contribution in [3.8, 4) is 11.1 Å². The highest BCUT2D eigenvalue weighted by Crippen LogP contribution is 2.18. The minimum atomic E-state index is -0.289. The average molecular weight is 241 g/mol. The van der Waals surface area contributed by atoms with Gasteiger partial charge in [-0.1, -0.05) is 18.2 Å². The first-order valence-corrected chi connectivity index (χ1v) is 5.88. The molecule has 0 saturated carbocycles. The predicted octanol–water partition coefficient (Wildman–Crippen LogP) is 3.31. The van der Waals surface area contributed by atoms with E-state index in [4.69, 9.17) is 4.74 Å². The van der Waals surface area contributed by atoms with Gasteiger partial charge in [-0.3, -0.25) is 4.98 Å². The van der Waals surface area contributed by atoms with E-state index in [1.165, 1.54) is 0 Å². The molecule has 0 N–H and O–H groups in total. The first-order chi connectivity index (χ1) is 8.66. The number of pyridine rings is 1. The van der Waals surface area contributed by atoms with Gasteiger partial charge in [0.2, 0.25) is 0 Å². The molecule has 0 aliphatic heterocycles. The molecule has 0 fully saturated rings. The van der Waals surface area contributed by atoms with E-state index in [0.717, 1.165) is 11.1 Å². The van der Waals surface area contributed by atoms with Gasteiger partial charge in [0.05, 0.1) is 11.7 Å². The van der Waals surface area contributed by atoms with Crippen LogP contribution < -0.4 is 0 Å². The highest BCUT2D eigenvalue weighted by Gasteiger charge is 2.08. The lowest BCUT2D eigenvalue weighted by Gasteiger charge is -2.08. The van der Waals surface area contributed by atoms with Crippen LogP contribution in [0.1, 0.15) is 24.2 Å². The molecule has 1 heterocycles. The van der Waals surface area contributed by atoms with Crippen LogP contribution in [0.4, 0.5) is 0 Å². The molecule has 0 bridgehead atoms. The zero-order valence-corrected chi connectivity index (χ0v) is 10.5. The lowest BCUT2D eigenvalue weighted by Crippen LogP contribution is -2.11. The van der Waals surface area contributed by atoms with Crippen molar-refractivity contribution >= 4 is 5.97 Å². The maximum atomic E-state index is 11.7. The molecule has 1 aromatic carbocycles. The van der Waals surface area contributed by atoms with Crippen LogP contribution in [0.3, 0.4) is 0 Å². The second-order valence-electron chi connectivity index (χ2n) is 4.27. The molecule has 3 nitrogen and oxygen atoms in total. The van der Waals surface area contributed by atoms with E-state index in [1.54, 1.807) is 24.5 Å². The summed E-state index contributed by atoms with van der Waals surface area (Å²) in [5.41, 5.74) is 2.63. The third-order valence-electron chi connectivity index (χ3n) is 2.46. The van der Waals surface area contributed by atoms with Crippen LogP contribution in [0, 0.1) is 0 Å². The Bertz CT molecular complexity index is 518. The Hall–Kier alpha value is -2.16. The number of rotatable bonds is 3.